The second-order valence-corrected chi connectivity index (χ2v) is 6.98. The molecule has 0 radical (unpaired) electrons. The second kappa shape index (κ2) is 7.32. The Balaban J connectivity index is 1.62. The van der Waals surface area contributed by atoms with Gasteiger partial charge in [0.2, 0.25) is 0 Å². The smallest absolute Gasteiger partial charge is 0.166 e. The summed E-state index contributed by atoms with van der Waals surface area (Å²) >= 11 is 1.86. The number of nitrogens with one attached hydrogen (secondary N) is 2. The first-order valence-electron chi connectivity index (χ1n) is 8.17. The largest absolute Gasteiger partial charge is 0.333 e. The van der Waals surface area contributed by atoms with Gasteiger partial charge in [0.15, 0.2) is 5.16 Å². The van der Waals surface area contributed by atoms with Crippen LogP contribution in [0.2, 0.25) is 0 Å². The monoisotopic (exact) mass is 303 g/mol. The minimum atomic E-state index is 0.630. The zero-order valence-electron chi connectivity index (χ0n) is 12.8. The lowest BCUT2D eigenvalue weighted by Crippen LogP contribution is -2.37. The molecule has 1 saturated carbocycles. The maximum absolute atomic E-state index is 4.67. The van der Waals surface area contributed by atoms with E-state index < -0.39 is 0 Å². The molecule has 21 heavy (non-hydrogen) atoms. The van der Waals surface area contributed by atoms with Crippen LogP contribution in [0.3, 0.4) is 0 Å². The van der Waals surface area contributed by atoms with Crippen molar-refractivity contribution in [2.24, 2.45) is 5.92 Å². The molecule has 1 unspecified atom stereocenters. The third kappa shape index (κ3) is 3.80. The first kappa shape index (κ1) is 14.9. The van der Waals surface area contributed by atoms with Gasteiger partial charge in [0.25, 0.3) is 0 Å². The van der Waals surface area contributed by atoms with E-state index in [1.165, 1.54) is 32.1 Å². The molecule has 1 aliphatic carbocycles. The molecule has 0 aliphatic heterocycles. The van der Waals surface area contributed by atoms with Gasteiger partial charge in [0, 0.05) is 11.8 Å². The lowest BCUT2D eigenvalue weighted by atomic mass is 10.00. The van der Waals surface area contributed by atoms with Crippen LogP contribution in [0.4, 0.5) is 0 Å². The lowest BCUT2D eigenvalue weighted by molar-refractivity contribution is 0.387. The van der Waals surface area contributed by atoms with Crippen LogP contribution in [0.1, 0.15) is 39.0 Å². The molecule has 0 spiro atoms. The summed E-state index contributed by atoms with van der Waals surface area (Å²) in [5.41, 5.74) is 2.21. The molecule has 0 amide bonds. The van der Waals surface area contributed by atoms with Crippen molar-refractivity contribution in [3.63, 3.8) is 0 Å². The van der Waals surface area contributed by atoms with Crippen molar-refractivity contribution in [1.82, 2.24) is 15.3 Å². The van der Waals surface area contributed by atoms with Gasteiger partial charge in [0.05, 0.1) is 11.0 Å². The standard InChI is InChI=1S/C17H25N3S/c1-2-11-18-16(13-7-3-4-8-13)12-21-17-19-14-9-5-6-10-15(14)20-17/h5-6,9-10,13,16,18H,2-4,7-8,11-12H2,1H3,(H,19,20). The van der Waals surface area contributed by atoms with E-state index in [9.17, 15) is 0 Å². The third-order valence-electron chi connectivity index (χ3n) is 4.39. The van der Waals surface area contributed by atoms with Crippen molar-refractivity contribution in [2.75, 3.05) is 12.3 Å². The normalized spacial score (nSPS) is 17.6. The third-order valence-corrected chi connectivity index (χ3v) is 5.39. The van der Waals surface area contributed by atoms with Gasteiger partial charge >= 0.3 is 0 Å². The molecular formula is C17H25N3S. The van der Waals surface area contributed by atoms with Crippen LogP contribution in [0, 0.1) is 5.92 Å². The van der Waals surface area contributed by atoms with Crippen LogP contribution >= 0.6 is 11.8 Å². The van der Waals surface area contributed by atoms with E-state index in [0.29, 0.717) is 6.04 Å². The van der Waals surface area contributed by atoms with Gasteiger partial charge in [0.1, 0.15) is 0 Å². The quantitative estimate of drug-likeness (QED) is 0.753. The Kier molecular flexibility index (Phi) is 5.20. The van der Waals surface area contributed by atoms with Crippen LogP contribution < -0.4 is 5.32 Å². The molecule has 1 fully saturated rings. The molecule has 3 rings (SSSR count). The van der Waals surface area contributed by atoms with Crippen LogP contribution in [0.25, 0.3) is 11.0 Å². The molecule has 1 aromatic heterocycles. The van der Waals surface area contributed by atoms with Crippen molar-refractivity contribution < 1.29 is 0 Å². The highest BCUT2D eigenvalue weighted by molar-refractivity contribution is 7.99. The summed E-state index contributed by atoms with van der Waals surface area (Å²) in [4.78, 5) is 8.09. The summed E-state index contributed by atoms with van der Waals surface area (Å²) in [6.07, 6.45) is 6.80. The fourth-order valence-electron chi connectivity index (χ4n) is 3.22. The number of hydrogen-bond acceptors (Lipinski definition) is 3. The minimum absolute atomic E-state index is 0.630. The lowest BCUT2D eigenvalue weighted by Gasteiger charge is -2.24. The summed E-state index contributed by atoms with van der Waals surface area (Å²) in [6.45, 7) is 3.37. The zero-order valence-corrected chi connectivity index (χ0v) is 13.6. The van der Waals surface area contributed by atoms with Crippen LogP contribution in [-0.2, 0) is 0 Å². The number of benzene rings is 1. The predicted molar refractivity (Wildman–Crippen MR) is 90.9 cm³/mol. The first-order valence-corrected chi connectivity index (χ1v) is 9.16. The van der Waals surface area contributed by atoms with E-state index in [4.69, 9.17) is 0 Å². The Morgan fingerprint density at radius 2 is 2.14 bits per heavy atom. The number of hydrogen-bond donors (Lipinski definition) is 2. The van der Waals surface area contributed by atoms with E-state index in [0.717, 1.165) is 34.4 Å². The topological polar surface area (TPSA) is 40.7 Å². The second-order valence-electron chi connectivity index (χ2n) is 5.98. The first-order chi connectivity index (χ1) is 10.4. The molecule has 114 valence electrons. The Morgan fingerprint density at radius 3 is 2.90 bits per heavy atom. The van der Waals surface area contributed by atoms with Gasteiger partial charge in [-0.15, -0.1) is 0 Å². The molecule has 1 aliphatic rings. The summed E-state index contributed by atoms with van der Waals surface area (Å²) < 4.78 is 0. The molecule has 0 saturated heterocycles. The molecule has 1 atom stereocenters. The average Bonchev–Trinajstić information content (AvgIpc) is 3.16. The summed E-state index contributed by atoms with van der Waals surface area (Å²) in [5.74, 6) is 1.97. The molecule has 1 heterocycles. The van der Waals surface area contributed by atoms with Crippen molar-refractivity contribution in [3.05, 3.63) is 24.3 Å². The van der Waals surface area contributed by atoms with Gasteiger partial charge in [-0.05, 0) is 43.9 Å². The number of nitrogens with zero attached hydrogens (tertiary/aromatic N) is 1. The number of fused-ring (bicyclic) bond motifs is 1. The summed E-state index contributed by atoms with van der Waals surface area (Å²) in [7, 11) is 0. The van der Waals surface area contributed by atoms with Crippen molar-refractivity contribution in [3.8, 4) is 0 Å². The Bertz CT molecular complexity index is 527. The number of H-pyrrole nitrogens is 1. The van der Waals surface area contributed by atoms with Crippen LogP contribution in [0.15, 0.2) is 29.4 Å². The van der Waals surface area contributed by atoms with Gasteiger partial charge < -0.3 is 10.3 Å². The highest BCUT2D eigenvalue weighted by atomic mass is 32.2. The van der Waals surface area contributed by atoms with E-state index in [1.54, 1.807) is 0 Å². The number of para-hydroxylation sites is 2. The van der Waals surface area contributed by atoms with E-state index in [2.05, 4.69) is 40.4 Å². The zero-order chi connectivity index (χ0) is 14.5. The van der Waals surface area contributed by atoms with E-state index in [1.807, 2.05) is 17.8 Å². The number of aromatic nitrogens is 2. The average molecular weight is 303 g/mol. The molecule has 4 heteroatoms. The Morgan fingerprint density at radius 1 is 1.33 bits per heavy atom. The number of aromatic amines is 1. The fourth-order valence-corrected chi connectivity index (χ4v) is 4.29. The maximum atomic E-state index is 4.67. The highest BCUT2D eigenvalue weighted by Gasteiger charge is 2.24. The molecular weight excluding hydrogens is 278 g/mol. The fraction of sp³-hybridized carbons (Fsp3) is 0.588. The molecule has 1 aromatic carbocycles. The summed E-state index contributed by atoms with van der Waals surface area (Å²) in [6, 6.07) is 8.89. The van der Waals surface area contributed by atoms with Crippen molar-refractivity contribution in [1.29, 1.82) is 0 Å². The van der Waals surface area contributed by atoms with E-state index >= 15 is 0 Å². The summed E-state index contributed by atoms with van der Waals surface area (Å²) in [5, 5.41) is 4.81. The highest BCUT2D eigenvalue weighted by Crippen LogP contribution is 2.30. The van der Waals surface area contributed by atoms with Crippen LogP contribution in [-0.4, -0.2) is 28.3 Å². The SMILES string of the molecule is CCCNC(CSc1nc2ccccc2[nH]1)C1CCCC1. The maximum Gasteiger partial charge on any atom is 0.166 e. The van der Waals surface area contributed by atoms with Gasteiger partial charge in [-0.25, -0.2) is 4.98 Å². The molecule has 3 nitrogen and oxygen atoms in total. The molecule has 2 N–H and O–H groups in total. The Labute approximate surface area is 131 Å². The minimum Gasteiger partial charge on any atom is -0.333 e. The van der Waals surface area contributed by atoms with Gasteiger partial charge in [-0.3, -0.25) is 0 Å². The molecule has 0 bridgehead atoms. The van der Waals surface area contributed by atoms with Crippen molar-refractivity contribution >= 4 is 22.8 Å². The van der Waals surface area contributed by atoms with Gasteiger partial charge in [-0.1, -0.05) is 43.7 Å². The van der Waals surface area contributed by atoms with Gasteiger partial charge in [-0.2, -0.15) is 0 Å². The Hall–Kier alpha value is -1.00. The van der Waals surface area contributed by atoms with E-state index in [-0.39, 0.29) is 0 Å². The number of imidazole rings is 1. The van der Waals surface area contributed by atoms with Crippen molar-refractivity contribution in [2.45, 2.75) is 50.2 Å². The number of rotatable bonds is 7. The van der Waals surface area contributed by atoms with Crippen LogP contribution in [0.5, 0.6) is 0 Å². The predicted octanol–water partition coefficient (Wildman–Crippen LogP) is 4.21. The number of thioether (sulfide) groups is 1. The molecule has 2 aromatic rings.